The highest BCUT2D eigenvalue weighted by Gasteiger charge is 2.22. The van der Waals surface area contributed by atoms with E-state index < -0.39 is 0 Å². The molecule has 2 heterocycles. The number of amides is 3. The summed E-state index contributed by atoms with van der Waals surface area (Å²) in [5.74, 6) is 0.672. The number of carbonyl (C=O) groups excluding carboxylic acids is 2. The fourth-order valence-electron chi connectivity index (χ4n) is 3.59. The Labute approximate surface area is 189 Å². The average Bonchev–Trinajstić information content (AvgIpc) is 2.79. The van der Waals surface area contributed by atoms with Gasteiger partial charge in [0.2, 0.25) is 0 Å². The van der Waals surface area contributed by atoms with Gasteiger partial charge in [-0.05, 0) is 51.0 Å². The van der Waals surface area contributed by atoms with E-state index in [0.29, 0.717) is 31.0 Å². The van der Waals surface area contributed by atoms with E-state index in [2.05, 4.69) is 20.5 Å². The summed E-state index contributed by atoms with van der Waals surface area (Å²) in [6, 6.07) is 10.7. The first-order chi connectivity index (χ1) is 15.4. The van der Waals surface area contributed by atoms with Gasteiger partial charge in [0.15, 0.2) is 0 Å². The van der Waals surface area contributed by atoms with Gasteiger partial charge in [-0.15, -0.1) is 0 Å². The number of piperazine rings is 1. The van der Waals surface area contributed by atoms with Crippen molar-refractivity contribution in [2.45, 2.75) is 6.04 Å². The monoisotopic (exact) mass is 440 g/mol. The second kappa shape index (κ2) is 10.9. The van der Waals surface area contributed by atoms with Gasteiger partial charge in [-0.1, -0.05) is 12.1 Å². The van der Waals surface area contributed by atoms with Crippen LogP contribution < -0.4 is 15.4 Å². The number of hydrogen-bond donors (Lipinski definition) is 2. The van der Waals surface area contributed by atoms with Crippen molar-refractivity contribution in [1.82, 2.24) is 25.0 Å². The lowest BCUT2D eigenvalue weighted by Gasteiger charge is -2.32. The number of urea groups is 1. The van der Waals surface area contributed by atoms with Gasteiger partial charge >= 0.3 is 6.03 Å². The molecule has 1 aromatic carbocycles. The van der Waals surface area contributed by atoms with E-state index in [1.165, 1.54) is 0 Å². The van der Waals surface area contributed by atoms with Crippen molar-refractivity contribution in [1.29, 1.82) is 0 Å². The lowest BCUT2D eigenvalue weighted by Crippen LogP contribution is -2.47. The zero-order valence-electron chi connectivity index (χ0n) is 19.2. The van der Waals surface area contributed by atoms with Crippen molar-refractivity contribution in [3.63, 3.8) is 0 Å². The number of benzene rings is 1. The summed E-state index contributed by atoms with van der Waals surface area (Å²) in [6.45, 7) is 3.45. The molecule has 1 aromatic heterocycles. The van der Waals surface area contributed by atoms with Crippen LogP contribution in [0.15, 0.2) is 42.6 Å². The van der Waals surface area contributed by atoms with E-state index in [1.807, 2.05) is 50.3 Å². The van der Waals surface area contributed by atoms with Gasteiger partial charge in [0.25, 0.3) is 5.91 Å². The van der Waals surface area contributed by atoms with Crippen molar-refractivity contribution >= 4 is 17.6 Å². The Bertz CT molecular complexity index is 910. The van der Waals surface area contributed by atoms with Crippen LogP contribution in [0, 0.1) is 0 Å². The quantitative estimate of drug-likeness (QED) is 0.684. The van der Waals surface area contributed by atoms with Gasteiger partial charge in [0.05, 0.1) is 13.2 Å². The first kappa shape index (κ1) is 23.5. The molecule has 9 heteroatoms. The van der Waals surface area contributed by atoms with E-state index >= 15 is 0 Å². The summed E-state index contributed by atoms with van der Waals surface area (Å²) >= 11 is 0. The number of nitrogens with one attached hydrogen (secondary N) is 2. The SMILES string of the molecule is COc1ccc([C@H](CNC(=O)Nc2ccnc(C(=O)N3CCN(C)CC3)c2)N(C)C)cc1. The van der Waals surface area contributed by atoms with Gasteiger partial charge in [-0.3, -0.25) is 9.78 Å². The molecule has 0 unspecified atom stereocenters. The second-order valence-electron chi connectivity index (χ2n) is 8.11. The number of rotatable bonds is 7. The number of hydrogen-bond acceptors (Lipinski definition) is 6. The van der Waals surface area contributed by atoms with Crippen LogP contribution in [0.5, 0.6) is 5.75 Å². The van der Waals surface area contributed by atoms with E-state index in [1.54, 1.807) is 30.3 Å². The van der Waals surface area contributed by atoms with Crippen molar-refractivity contribution < 1.29 is 14.3 Å². The number of carbonyl (C=O) groups is 2. The van der Waals surface area contributed by atoms with Gasteiger partial charge < -0.3 is 30.1 Å². The molecule has 9 nitrogen and oxygen atoms in total. The van der Waals surface area contributed by atoms with Gasteiger partial charge in [0, 0.05) is 44.6 Å². The van der Waals surface area contributed by atoms with Crippen LogP contribution >= 0.6 is 0 Å². The Kier molecular flexibility index (Phi) is 8.02. The van der Waals surface area contributed by atoms with Crippen LogP contribution in [0.3, 0.4) is 0 Å². The molecule has 1 atom stereocenters. The highest BCUT2D eigenvalue weighted by atomic mass is 16.5. The third kappa shape index (κ3) is 6.18. The fourth-order valence-corrected chi connectivity index (χ4v) is 3.59. The minimum absolute atomic E-state index is 0.00142. The molecule has 2 aromatic rings. The van der Waals surface area contributed by atoms with Crippen LogP contribution in [-0.4, -0.2) is 92.6 Å². The first-order valence-corrected chi connectivity index (χ1v) is 10.7. The number of methoxy groups -OCH3 is 1. The maximum absolute atomic E-state index is 12.7. The Balaban J connectivity index is 1.58. The van der Waals surface area contributed by atoms with Crippen LogP contribution in [-0.2, 0) is 0 Å². The van der Waals surface area contributed by atoms with Crippen LogP contribution in [0.2, 0.25) is 0 Å². The largest absolute Gasteiger partial charge is 0.497 e. The normalized spacial score (nSPS) is 15.3. The zero-order valence-corrected chi connectivity index (χ0v) is 19.2. The molecule has 0 aliphatic carbocycles. The number of aromatic nitrogens is 1. The molecule has 0 saturated carbocycles. The zero-order chi connectivity index (χ0) is 23.1. The third-order valence-corrected chi connectivity index (χ3v) is 5.61. The number of ether oxygens (including phenoxy) is 1. The molecule has 1 saturated heterocycles. The third-order valence-electron chi connectivity index (χ3n) is 5.61. The molecule has 1 fully saturated rings. The Morgan fingerprint density at radius 3 is 2.44 bits per heavy atom. The average molecular weight is 441 g/mol. The van der Waals surface area contributed by atoms with Gasteiger partial charge in [-0.25, -0.2) is 4.79 Å². The fraction of sp³-hybridized carbons (Fsp3) is 0.435. The Hall–Kier alpha value is -3.17. The van der Waals surface area contributed by atoms with Crippen LogP contribution in [0.1, 0.15) is 22.1 Å². The van der Waals surface area contributed by atoms with Crippen molar-refractivity contribution in [2.75, 3.05) is 66.3 Å². The van der Waals surface area contributed by atoms with E-state index in [9.17, 15) is 9.59 Å². The molecular formula is C23H32N6O3. The van der Waals surface area contributed by atoms with E-state index in [4.69, 9.17) is 4.74 Å². The number of anilines is 1. The predicted octanol–water partition coefficient (Wildman–Crippen LogP) is 1.90. The topological polar surface area (TPSA) is 90.0 Å². The maximum Gasteiger partial charge on any atom is 0.319 e. The molecule has 172 valence electrons. The van der Waals surface area contributed by atoms with Crippen LogP contribution in [0.25, 0.3) is 0 Å². The molecular weight excluding hydrogens is 408 g/mol. The highest BCUT2D eigenvalue weighted by molar-refractivity contribution is 5.95. The summed E-state index contributed by atoms with van der Waals surface area (Å²) in [4.78, 5) is 35.5. The minimum Gasteiger partial charge on any atom is -0.497 e. The molecule has 1 aliphatic rings. The molecule has 3 amide bonds. The molecule has 32 heavy (non-hydrogen) atoms. The molecule has 0 bridgehead atoms. The molecule has 1 aliphatic heterocycles. The van der Waals surface area contributed by atoms with Gasteiger partial charge in [0.1, 0.15) is 11.4 Å². The Morgan fingerprint density at radius 2 is 1.81 bits per heavy atom. The maximum atomic E-state index is 12.7. The molecule has 0 radical (unpaired) electrons. The summed E-state index contributed by atoms with van der Waals surface area (Å²) in [7, 11) is 7.60. The second-order valence-corrected chi connectivity index (χ2v) is 8.11. The number of nitrogens with zero attached hydrogens (tertiary/aromatic N) is 4. The predicted molar refractivity (Wildman–Crippen MR) is 124 cm³/mol. The van der Waals surface area contributed by atoms with Gasteiger partial charge in [-0.2, -0.15) is 0 Å². The first-order valence-electron chi connectivity index (χ1n) is 10.7. The van der Waals surface area contributed by atoms with Crippen molar-refractivity contribution in [3.8, 4) is 5.75 Å². The highest BCUT2D eigenvalue weighted by Crippen LogP contribution is 2.21. The molecule has 0 spiro atoms. The van der Waals surface area contributed by atoms with E-state index in [0.717, 1.165) is 24.4 Å². The lowest BCUT2D eigenvalue weighted by molar-refractivity contribution is 0.0658. The number of pyridine rings is 1. The molecule has 3 rings (SSSR count). The van der Waals surface area contributed by atoms with Crippen LogP contribution in [0.4, 0.5) is 10.5 Å². The minimum atomic E-state index is -0.338. The smallest absolute Gasteiger partial charge is 0.319 e. The summed E-state index contributed by atoms with van der Waals surface area (Å²) in [5, 5.41) is 5.72. The number of likely N-dealkylation sites (N-methyl/N-ethyl adjacent to an activating group) is 2. The standard InChI is InChI=1S/C23H32N6O3/c1-27(2)21(17-5-7-19(32-4)8-6-17)16-25-23(31)26-18-9-10-24-20(15-18)22(30)29-13-11-28(3)12-14-29/h5-10,15,21H,11-14,16H2,1-4H3,(H2,24,25,26,31)/t21-/m0/s1. The summed E-state index contributed by atoms with van der Waals surface area (Å²) in [5.41, 5.74) is 1.93. The summed E-state index contributed by atoms with van der Waals surface area (Å²) < 4.78 is 5.22. The lowest BCUT2D eigenvalue weighted by atomic mass is 10.1. The van der Waals surface area contributed by atoms with Crippen molar-refractivity contribution in [2.24, 2.45) is 0 Å². The molecule has 2 N–H and O–H groups in total. The van der Waals surface area contributed by atoms with Crippen molar-refractivity contribution in [3.05, 3.63) is 53.9 Å². The summed E-state index contributed by atoms with van der Waals surface area (Å²) in [6.07, 6.45) is 1.54. The van der Waals surface area contributed by atoms with E-state index in [-0.39, 0.29) is 18.0 Å². The Morgan fingerprint density at radius 1 is 1.12 bits per heavy atom.